The molecule has 22 heavy (non-hydrogen) atoms. The van der Waals surface area contributed by atoms with Gasteiger partial charge in [0.15, 0.2) is 0 Å². The molecular formula is C18H37NO3. The van der Waals surface area contributed by atoms with E-state index in [1.807, 2.05) is 0 Å². The number of rotatable bonds is 11. The van der Waals surface area contributed by atoms with Gasteiger partial charge in [-0.2, -0.15) is 0 Å². The van der Waals surface area contributed by atoms with Crippen LogP contribution in [0.1, 0.15) is 60.8 Å². The van der Waals surface area contributed by atoms with E-state index in [4.69, 9.17) is 14.2 Å². The molecule has 0 aromatic carbocycles. The minimum absolute atomic E-state index is 0.168. The summed E-state index contributed by atoms with van der Waals surface area (Å²) in [4.78, 5) is 0. The second kappa shape index (κ2) is 9.21. The lowest BCUT2D eigenvalue weighted by Crippen LogP contribution is -2.42. The van der Waals surface area contributed by atoms with Crippen LogP contribution >= 0.6 is 0 Å². The van der Waals surface area contributed by atoms with E-state index in [0.29, 0.717) is 25.4 Å². The third-order valence-electron chi connectivity index (χ3n) is 4.19. The lowest BCUT2D eigenvalue weighted by molar-refractivity contribution is -0.111. The van der Waals surface area contributed by atoms with E-state index < -0.39 is 0 Å². The molecule has 0 aromatic rings. The van der Waals surface area contributed by atoms with Crippen molar-refractivity contribution in [2.24, 2.45) is 5.41 Å². The molecule has 4 nitrogen and oxygen atoms in total. The summed E-state index contributed by atoms with van der Waals surface area (Å²) in [7, 11) is 0. The molecule has 0 aliphatic heterocycles. The summed E-state index contributed by atoms with van der Waals surface area (Å²) < 4.78 is 17.3. The van der Waals surface area contributed by atoms with Gasteiger partial charge in [-0.05, 0) is 45.4 Å². The highest BCUT2D eigenvalue weighted by atomic mass is 16.5. The van der Waals surface area contributed by atoms with E-state index in [1.165, 1.54) is 0 Å². The van der Waals surface area contributed by atoms with Crippen LogP contribution in [0, 0.1) is 5.41 Å². The highest BCUT2D eigenvalue weighted by Gasteiger charge is 2.30. The molecule has 0 saturated heterocycles. The Morgan fingerprint density at radius 2 is 1.50 bits per heavy atom. The highest BCUT2D eigenvalue weighted by molar-refractivity contribution is 4.81. The Balaban J connectivity index is 1.89. The van der Waals surface area contributed by atoms with Gasteiger partial charge in [0.25, 0.3) is 0 Å². The molecule has 0 radical (unpaired) electrons. The van der Waals surface area contributed by atoms with E-state index in [0.717, 1.165) is 39.0 Å². The number of hydrogen-bond donors (Lipinski definition) is 1. The topological polar surface area (TPSA) is 39.7 Å². The van der Waals surface area contributed by atoms with Crippen LogP contribution in [0.25, 0.3) is 0 Å². The van der Waals surface area contributed by atoms with E-state index in [1.54, 1.807) is 0 Å². The van der Waals surface area contributed by atoms with E-state index in [2.05, 4.69) is 46.9 Å². The van der Waals surface area contributed by atoms with Gasteiger partial charge in [-0.25, -0.2) is 0 Å². The van der Waals surface area contributed by atoms with E-state index >= 15 is 0 Å². The molecule has 1 rings (SSSR count). The molecule has 1 saturated carbocycles. The minimum Gasteiger partial charge on any atom is -0.379 e. The van der Waals surface area contributed by atoms with Crippen molar-refractivity contribution in [1.29, 1.82) is 0 Å². The third kappa shape index (κ3) is 9.09. The van der Waals surface area contributed by atoms with Crippen molar-refractivity contribution in [2.45, 2.75) is 78.6 Å². The van der Waals surface area contributed by atoms with Crippen molar-refractivity contribution in [2.75, 3.05) is 33.0 Å². The van der Waals surface area contributed by atoms with Crippen LogP contribution in [-0.2, 0) is 14.2 Å². The molecule has 1 N–H and O–H groups in total. The molecule has 1 aliphatic carbocycles. The Morgan fingerprint density at radius 3 is 2.05 bits per heavy atom. The smallest absolute Gasteiger partial charge is 0.0704 e. The van der Waals surface area contributed by atoms with Gasteiger partial charge in [0.05, 0.1) is 38.6 Å². The van der Waals surface area contributed by atoms with Crippen molar-refractivity contribution in [1.82, 2.24) is 5.32 Å². The van der Waals surface area contributed by atoms with Crippen molar-refractivity contribution < 1.29 is 14.2 Å². The summed E-state index contributed by atoms with van der Waals surface area (Å²) in [5, 5.41) is 3.43. The summed E-state index contributed by atoms with van der Waals surface area (Å²) in [6.45, 7) is 17.1. The Kier molecular flexibility index (Phi) is 8.33. The van der Waals surface area contributed by atoms with Crippen molar-refractivity contribution in [3.8, 4) is 0 Å². The van der Waals surface area contributed by atoms with Gasteiger partial charge < -0.3 is 19.5 Å². The predicted octanol–water partition coefficient (Wildman–Crippen LogP) is 3.39. The Labute approximate surface area is 137 Å². The normalized spacial score (nSPS) is 22.6. The third-order valence-corrected chi connectivity index (χ3v) is 4.19. The highest BCUT2D eigenvalue weighted by Crippen LogP contribution is 2.26. The first-order valence-corrected chi connectivity index (χ1v) is 8.78. The minimum atomic E-state index is 0.168. The molecular weight excluding hydrogens is 278 g/mol. The summed E-state index contributed by atoms with van der Waals surface area (Å²) >= 11 is 0. The molecule has 0 heterocycles. The number of hydrogen-bond acceptors (Lipinski definition) is 4. The fourth-order valence-corrected chi connectivity index (χ4v) is 2.17. The van der Waals surface area contributed by atoms with Crippen LogP contribution in [0.4, 0.5) is 0 Å². The molecule has 0 unspecified atom stereocenters. The molecule has 4 heteroatoms. The first-order valence-electron chi connectivity index (χ1n) is 8.78. The quantitative estimate of drug-likeness (QED) is 0.593. The van der Waals surface area contributed by atoms with Crippen molar-refractivity contribution in [3.05, 3.63) is 0 Å². The molecule has 1 aliphatic rings. The molecule has 1 fully saturated rings. The average Bonchev–Trinajstić information content (AvgIpc) is 2.37. The summed E-state index contributed by atoms with van der Waals surface area (Å²) in [6.07, 6.45) is 3.93. The Hall–Kier alpha value is -0.160. The van der Waals surface area contributed by atoms with Crippen LogP contribution in [-0.4, -0.2) is 50.7 Å². The second-order valence-electron chi connectivity index (χ2n) is 8.20. The van der Waals surface area contributed by atoms with Gasteiger partial charge in [-0.1, -0.05) is 20.8 Å². The lowest BCUT2D eigenvalue weighted by atomic mass is 9.92. The molecule has 0 aromatic heterocycles. The number of nitrogens with one attached hydrogen (secondary N) is 1. The van der Waals surface area contributed by atoms with Gasteiger partial charge >= 0.3 is 0 Å². The maximum Gasteiger partial charge on any atom is 0.0704 e. The first kappa shape index (κ1) is 19.9. The largest absolute Gasteiger partial charge is 0.379 e. The standard InChI is InChI=1S/C18H37NO3/c1-7-18(5,6)14-20-10-11-22-16-12-15(13-16)21-9-8-19-17(2,3)4/h15-16,19H,7-14H2,1-6H3. The van der Waals surface area contributed by atoms with Crippen LogP contribution < -0.4 is 5.32 Å². The van der Waals surface area contributed by atoms with Gasteiger partial charge in [-0.3, -0.25) is 0 Å². The summed E-state index contributed by atoms with van der Waals surface area (Å²) in [6, 6.07) is 0. The van der Waals surface area contributed by atoms with Crippen LogP contribution in [0.3, 0.4) is 0 Å². The van der Waals surface area contributed by atoms with E-state index in [9.17, 15) is 0 Å². The van der Waals surface area contributed by atoms with Crippen LogP contribution in [0.5, 0.6) is 0 Å². The van der Waals surface area contributed by atoms with Gasteiger partial charge in [0.2, 0.25) is 0 Å². The van der Waals surface area contributed by atoms with E-state index in [-0.39, 0.29) is 11.0 Å². The average molecular weight is 315 g/mol. The van der Waals surface area contributed by atoms with Gasteiger partial charge in [0, 0.05) is 12.1 Å². The van der Waals surface area contributed by atoms with Crippen LogP contribution in [0.2, 0.25) is 0 Å². The zero-order valence-corrected chi connectivity index (χ0v) is 15.5. The molecule has 0 atom stereocenters. The second-order valence-corrected chi connectivity index (χ2v) is 8.20. The number of ether oxygens (including phenoxy) is 3. The molecule has 0 amide bonds. The zero-order valence-electron chi connectivity index (χ0n) is 15.5. The Bertz CT molecular complexity index is 293. The summed E-state index contributed by atoms with van der Waals surface area (Å²) in [5.41, 5.74) is 0.442. The fraction of sp³-hybridized carbons (Fsp3) is 1.00. The fourth-order valence-electron chi connectivity index (χ4n) is 2.17. The van der Waals surface area contributed by atoms with Crippen molar-refractivity contribution in [3.63, 3.8) is 0 Å². The van der Waals surface area contributed by atoms with Gasteiger partial charge in [0.1, 0.15) is 0 Å². The lowest BCUT2D eigenvalue weighted by Gasteiger charge is -2.35. The Morgan fingerprint density at radius 1 is 0.909 bits per heavy atom. The zero-order chi connectivity index (χ0) is 16.6. The molecule has 132 valence electrons. The monoisotopic (exact) mass is 315 g/mol. The SMILES string of the molecule is CCC(C)(C)COCCOC1CC(OCCNC(C)(C)C)C1. The first-order chi connectivity index (χ1) is 10.2. The summed E-state index contributed by atoms with van der Waals surface area (Å²) in [5.74, 6) is 0. The van der Waals surface area contributed by atoms with Crippen molar-refractivity contribution >= 4 is 0 Å². The predicted molar refractivity (Wildman–Crippen MR) is 91.4 cm³/mol. The van der Waals surface area contributed by atoms with Gasteiger partial charge in [-0.15, -0.1) is 0 Å². The maximum absolute atomic E-state index is 5.82. The maximum atomic E-state index is 5.82. The molecule has 0 bridgehead atoms. The van der Waals surface area contributed by atoms with Crippen LogP contribution in [0.15, 0.2) is 0 Å². The molecule has 0 spiro atoms.